The van der Waals surface area contributed by atoms with E-state index >= 15 is 0 Å². The Bertz CT molecular complexity index is 1210. The van der Waals surface area contributed by atoms with Crippen molar-refractivity contribution in [3.63, 3.8) is 0 Å². The van der Waals surface area contributed by atoms with Crippen LogP contribution in [0.25, 0.3) is 27.3 Å². The van der Waals surface area contributed by atoms with Gasteiger partial charge in [0.2, 0.25) is 0 Å². The van der Waals surface area contributed by atoms with Gasteiger partial charge < -0.3 is 17.7 Å². The van der Waals surface area contributed by atoms with E-state index in [9.17, 15) is 0 Å². The van der Waals surface area contributed by atoms with Crippen LogP contribution in [-0.2, 0) is 31.4 Å². The number of fused-ring (bicyclic) bond motifs is 1. The number of pyridine rings is 1. The molecule has 4 aromatic rings. The molecule has 0 saturated heterocycles. The van der Waals surface area contributed by atoms with Gasteiger partial charge in [-0.25, -0.2) is 0 Å². The molecule has 2 nitrogen and oxygen atoms in total. The summed E-state index contributed by atoms with van der Waals surface area (Å²) in [5, 5.41) is 7.70. The van der Waals surface area contributed by atoms with Gasteiger partial charge in [-0.3, -0.25) is 0 Å². The van der Waals surface area contributed by atoms with Gasteiger partial charge in [-0.1, -0.05) is 118 Å². The Hall–Kier alpha value is -2.26. The summed E-state index contributed by atoms with van der Waals surface area (Å²) in [5.74, 6) is 0.820. The fraction of sp³-hybridized carbons (Fsp3) is 0.290. The molecule has 0 amide bonds. The molecule has 3 aromatic carbocycles. The fourth-order valence-corrected chi connectivity index (χ4v) is 4.27. The fourth-order valence-electron chi connectivity index (χ4n) is 4.27. The minimum atomic E-state index is -0.463. The van der Waals surface area contributed by atoms with Gasteiger partial charge in [0.15, 0.2) is 0 Å². The van der Waals surface area contributed by atoms with E-state index < -0.39 is 5.54 Å². The number of hydrogen-bond donors (Lipinski definition) is 0. The summed E-state index contributed by atoms with van der Waals surface area (Å²) in [6.07, 6.45) is 0. The van der Waals surface area contributed by atoms with Crippen molar-refractivity contribution in [2.75, 3.05) is 0 Å². The number of aromatic nitrogens is 1. The van der Waals surface area contributed by atoms with E-state index in [1.807, 2.05) is 6.07 Å². The Kier molecular flexibility index (Phi) is 9.42. The predicted octanol–water partition coefficient (Wildman–Crippen LogP) is 9.34. The van der Waals surface area contributed by atoms with Crippen molar-refractivity contribution in [2.45, 2.75) is 58.9 Å². The third kappa shape index (κ3) is 5.68. The van der Waals surface area contributed by atoms with Crippen LogP contribution in [0.15, 0.2) is 72.8 Å². The van der Waals surface area contributed by atoms with E-state index in [4.69, 9.17) is 10.3 Å². The number of para-hydroxylation sites is 1. The number of rotatable bonds is 6. The summed E-state index contributed by atoms with van der Waals surface area (Å²) in [6.45, 7) is 13.3. The third-order valence-corrected chi connectivity index (χ3v) is 6.09. The molecular formula is C31H35HfN2+. The molecule has 0 saturated carbocycles. The molecule has 3 heteroatoms. The molecule has 172 valence electrons. The van der Waals surface area contributed by atoms with E-state index in [0.717, 1.165) is 22.6 Å². The summed E-state index contributed by atoms with van der Waals surface area (Å²) in [5.41, 5.74) is 6.17. The normalized spacial score (nSPS) is 11.3. The molecule has 1 aromatic heterocycles. The second-order valence-electron chi connectivity index (χ2n) is 9.61. The van der Waals surface area contributed by atoms with Crippen LogP contribution in [0.1, 0.15) is 70.2 Å². The standard InChI is InChI=1S/C30H32N2.CH3.Hf/c1-20(2)23-15-10-16-24(21(3)4)29(23)32-30(5,6)28-19-11-18-27(31-28)26-17-9-13-22-12-7-8-14-25(22)26;;/h7-16,18-21H,1-6H3;1H3;/q-2;-1;+4. The van der Waals surface area contributed by atoms with Crippen LogP contribution in [0.5, 0.6) is 0 Å². The van der Waals surface area contributed by atoms with Gasteiger partial charge in [0.1, 0.15) is 0 Å². The van der Waals surface area contributed by atoms with E-state index in [0.29, 0.717) is 11.8 Å². The van der Waals surface area contributed by atoms with E-state index in [2.05, 4.69) is 114 Å². The molecule has 0 bridgehead atoms. The number of benzene rings is 3. The minimum absolute atomic E-state index is 0. The summed E-state index contributed by atoms with van der Waals surface area (Å²) in [4.78, 5) is 5.09. The molecule has 0 radical (unpaired) electrons. The van der Waals surface area contributed by atoms with E-state index in [-0.39, 0.29) is 33.3 Å². The van der Waals surface area contributed by atoms with Crippen LogP contribution in [0.3, 0.4) is 0 Å². The van der Waals surface area contributed by atoms with Gasteiger partial charge in [0.25, 0.3) is 0 Å². The molecule has 0 atom stereocenters. The Morgan fingerprint density at radius 2 is 1.41 bits per heavy atom. The topological polar surface area (TPSA) is 27.0 Å². The molecule has 0 N–H and O–H groups in total. The number of nitrogens with zero attached hydrogens (tertiary/aromatic N) is 2. The maximum Gasteiger partial charge on any atom is 4.00 e. The molecule has 4 rings (SSSR count). The number of hydrogen-bond acceptors (Lipinski definition) is 1. The third-order valence-electron chi connectivity index (χ3n) is 6.09. The van der Waals surface area contributed by atoms with Crippen molar-refractivity contribution in [1.29, 1.82) is 0 Å². The smallest absolute Gasteiger partial charge is 0.674 e. The van der Waals surface area contributed by atoms with Gasteiger partial charge in [-0.05, 0) is 23.6 Å². The molecule has 0 aliphatic carbocycles. The molecule has 0 fully saturated rings. The Balaban J connectivity index is 0.00000204. The first kappa shape index (κ1) is 28.0. The van der Waals surface area contributed by atoms with Gasteiger partial charge in [-0.2, -0.15) is 0 Å². The van der Waals surface area contributed by atoms with E-state index in [1.54, 1.807) is 0 Å². The molecule has 0 spiro atoms. The van der Waals surface area contributed by atoms with Crippen LogP contribution in [-0.4, -0.2) is 4.98 Å². The maximum atomic E-state index is 5.33. The largest absolute Gasteiger partial charge is 4.00 e. The second kappa shape index (κ2) is 11.4. The van der Waals surface area contributed by atoms with Crippen molar-refractivity contribution < 1.29 is 25.8 Å². The summed E-state index contributed by atoms with van der Waals surface area (Å²) in [7, 11) is 0. The van der Waals surface area contributed by atoms with Gasteiger partial charge in [0, 0.05) is 5.69 Å². The van der Waals surface area contributed by atoms with E-state index in [1.165, 1.54) is 21.9 Å². The van der Waals surface area contributed by atoms with Gasteiger partial charge >= 0.3 is 25.8 Å². The zero-order chi connectivity index (χ0) is 22.9. The van der Waals surface area contributed by atoms with Crippen molar-refractivity contribution in [2.24, 2.45) is 0 Å². The van der Waals surface area contributed by atoms with Crippen molar-refractivity contribution in [1.82, 2.24) is 4.98 Å². The summed E-state index contributed by atoms with van der Waals surface area (Å²) >= 11 is 0. The SMILES string of the molecule is CC(C)c1cccc(C(C)C)c1[N-]C(C)(C)c1cccc(-c2[c-]ccc3ccccc23)n1.[CH3-].[Hf+4]. The average molecular weight is 614 g/mol. The zero-order valence-corrected chi connectivity index (χ0v) is 25.1. The molecule has 0 aliphatic heterocycles. The van der Waals surface area contributed by atoms with Crippen molar-refractivity contribution in [3.8, 4) is 11.3 Å². The molecule has 1 heterocycles. The summed E-state index contributed by atoms with van der Waals surface area (Å²) < 4.78 is 0. The molecule has 0 aliphatic rings. The molecule has 0 unspecified atom stereocenters. The van der Waals surface area contributed by atoms with Gasteiger partial charge in [-0.15, -0.1) is 34.8 Å². The monoisotopic (exact) mass is 615 g/mol. The van der Waals surface area contributed by atoms with Crippen LogP contribution < -0.4 is 0 Å². The van der Waals surface area contributed by atoms with Crippen LogP contribution >= 0.6 is 0 Å². The van der Waals surface area contributed by atoms with Crippen molar-refractivity contribution in [3.05, 3.63) is 108 Å². The minimum Gasteiger partial charge on any atom is -0.674 e. The first-order valence-corrected chi connectivity index (χ1v) is 11.5. The Labute approximate surface area is 225 Å². The second-order valence-corrected chi connectivity index (χ2v) is 9.61. The van der Waals surface area contributed by atoms with Crippen LogP contribution in [0.4, 0.5) is 5.69 Å². The molecular weight excluding hydrogens is 579 g/mol. The Morgan fingerprint density at radius 1 is 0.794 bits per heavy atom. The first-order chi connectivity index (χ1) is 15.3. The first-order valence-electron chi connectivity index (χ1n) is 11.5. The van der Waals surface area contributed by atoms with Gasteiger partial charge in [0.05, 0.1) is 0 Å². The maximum absolute atomic E-state index is 5.33. The quantitative estimate of drug-likeness (QED) is 0.157. The van der Waals surface area contributed by atoms with Crippen LogP contribution in [0, 0.1) is 13.5 Å². The average Bonchev–Trinajstić information content (AvgIpc) is 2.78. The molecule has 34 heavy (non-hydrogen) atoms. The Morgan fingerprint density at radius 3 is 2.06 bits per heavy atom. The van der Waals surface area contributed by atoms with Crippen LogP contribution in [0.2, 0.25) is 0 Å². The summed E-state index contributed by atoms with van der Waals surface area (Å²) in [6, 6.07) is 28.7. The zero-order valence-electron chi connectivity index (χ0n) is 21.5. The predicted molar refractivity (Wildman–Crippen MR) is 143 cm³/mol. The van der Waals surface area contributed by atoms with Crippen molar-refractivity contribution >= 4 is 16.5 Å².